The summed E-state index contributed by atoms with van der Waals surface area (Å²) in [6.07, 6.45) is 0.195. The van der Waals surface area contributed by atoms with Crippen LogP contribution in [0.1, 0.15) is 55.4 Å². The number of halogens is 4. The molecule has 3 rings (SSSR count). The number of Topliss-reactive ketones (excluding diaryl/α,β-unsaturated/α-hetero) is 1. The SMILES string of the molecule is CC(=O)C(CC(C)C)c1cc(/C=C\c2ccc(Cl)cc2)cc(-c2ccc(C(F)(F)F)cc2)c1. The van der Waals surface area contributed by atoms with Crippen molar-refractivity contribution in [2.45, 2.75) is 39.3 Å². The number of hydrogen-bond donors (Lipinski definition) is 0. The van der Waals surface area contributed by atoms with E-state index < -0.39 is 11.7 Å². The van der Waals surface area contributed by atoms with Gasteiger partial charge in [-0.15, -0.1) is 0 Å². The van der Waals surface area contributed by atoms with E-state index in [2.05, 4.69) is 13.8 Å². The van der Waals surface area contributed by atoms with Crippen LogP contribution in [0.2, 0.25) is 5.02 Å². The number of benzene rings is 3. The van der Waals surface area contributed by atoms with Gasteiger partial charge in [0.1, 0.15) is 5.78 Å². The molecule has 33 heavy (non-hydrogen) atoms. The molecule has 3 aromatic rings. The van der Waals surface area contributed by atoms with Gasteiger partial charge in [-0.25, -0.2) is 0 Å². The van der Waals surface area contributed by atoms with E-state index in [0.29, 0.717) is 22.9 Å². The summed E-state index contributed by atoms with van der Waals surface area (Å²) in [4.78, 5) is 12.4. The second-order valence-electron chi connectivity index (χ2n) is 8.64. The molecule has 0 fully saturated rings. The zero-order valence-corrected chi connectivity index (χ0v) is 19.5. The van der Waals surface area contributed by atoms with Crippen molar-refractivity contribution in [3.8, 4) is 11.1 Å². The lowest BCUT2D eigenvalue weighted by Gasteiger charge is -2.19. The van der Waals surface area contributed by atoms with Crippen molar-refractivity contribution in [1.82, 2.24) is 0 Å². The Balaban J connectivity index is 2.06. The molecule has 0 saturated carbocycles. The Morgan fingerprint density at radius 2 is 1.48 bits per heavy atom. The van der Waals surface area contributed by atoms with Crippen molar-refractivity contribution in [1.29, 1.82) is 0 Å². The number of carbonyl (C=O) groups excluding carboxylic acids is 1. The van der Waals surface area contributed by atoms with Gasteiger partial charge in [-0.3, -0.25) is 4.79 Å². The number of rotatable bonds is 7. The fourth-order valence-electron chi connectivity index (χ4n) is 3.77. The largest absolute Gasteiger partial charge is 0.416 e. The van der Waals surface area contributed by atoms with Gasteiger partial charge in [-0.1, -0.05) is 74.0 Å². The van der Waals surface area contributed by atoms with E-state index in [1.165, 1.54) is 12.1 Å². The fourth-order valence-corrected chi connectivity index (χ4v) is 3.89. The molecule has 0 amide bonds. The van der Waals surface area contributed by atoms with Gasteiger partial charge in [0.2, 0.25) is 0 Å². The van der Waals surface area contributed by atoms with Gasteiger partial charge in [-0.05, 0) is 77.4 Å². The summed E-state index contributed by atoms with van der Waals surface area (Å²) in [5.74, 6) is 0.115. The Bertz CT molecular complexity index is 1130. The van der Waals surface area contributed by atoms with Crippen LogP contribution in [0.15, 0.2) is 66.7 Å². The van der Waals surface area contributed by atoms with Crippen LogP contribution in [0, 0.1) is 5.92 Å². The van der Waals surface area contributed by atoms with Crippen LogP contribution in [-0.2, 0) is 11.0 Å². The molecule has 0 aliphatic rings. The molecule has 5 heteroatoms. The van der Waals surface area contributed by atoms with Gasteiger partial charge < -0.3 is 0 Å². The van der Waals surface area contributed by atoms with Gasteiger partial charge in [0.15, 0.2) is 0 Å². The average Bonchev–Trinajstić information content (AvgIpc) is 2.76. The molecular formula is C28H26ClF3O. The van der Waals surface area contributed by atoms with Gasteiger partial charge in [0.05, 0.1) is 5.56 Å². The minimum atomic E-state index is -4.39. The smallest absolute Gasteiger partial charge is 0.299 e. The molecule has 1 nitrogen and oxygen atoms in total. The van der Waals surface area contributed by atoms with Crippen molar-refractivity contribution in [2.75, 3.05) is 0 Å². The topological polar surface area (TPSA) is 17.1 Å². The van der Waals surface area contributed by atoms with Crippen molar-refractivity contribution in [2.24, 2.45) is 5.92 Å². The molecule has 0 heterocycles. The highest BCUT2D eigenvalue weighted by Crippen LogP contribution is 2.34. The standard InChI is InChI=1S/C28H26ClF3O/c1-18(2)14-27(19(3)33)24-16-21(5-4-20-6-12-26(29)13-7-20)15-23(17-24)22-8-10-25(11-9-22)28(30,31)32/h4-13,15-18,27H,14H2,1-3H3/b5-4-. The van der Waals surface area contributed by atoms with Crippen molar-refractivity contribution >= 4 is 29.5 Å². The molecule has 0 radical (unpaired) electrons. The number of ketones is 1. The minimum Gasteiger partial charge on any atom is -0.299 e. The zero-order chi connectivity index (χ0) is 24.2. The Morgan fingerprint density at radius 3 is 2.03 bits per heavy atom. The highest BCUT2D eigenvalue weighted by atomic mass is 35.5. The number of carbonyl (C=O) groups is 1. The molecule has 1 unspecified atom stereocenters. The van der Waals surface area contributed by atoms with E-state index in [9.17, 15) is 18.0 Å². The minimum absolute atomic E-state index is 0.0703. The number of alkyl halides is 3. The van der Waals surface area contributed by atoms with Crippen molar-refractivity contribution < 1.29 is 18.0 Å². The maximum absolute atomic E-state index is 13.0. The molecule has 0 saturated heterocycles. The normalized spacial score (nSPS) is 13.0. The molecule has 0 bridgehead atoms. The molecule has 172 valence electrons. The predicted molar refractivity (Wildman–Crippen MR) is 130 cm³/mol. The maximum atomic E-state index is 13.0. The van der Waals surface area contributed by atoms with Gasteiger partial charge in [0, 0.05) is 10.9 Å². The Kier molecular flexibility index (Phi) is 7.80. The second kappa shape index (κ2) is 10.4. The quantitative estimate of drug-likeness (QED) is 0.315. The third-order valence-corrected chi connectivity index (χ3v) is 5.71. The van der Waals surface area contributed by atoms with Crippen LogP contribution in [-0.4, -0.2) is 5.78 Å². The van der Waals surface area contributed by atoms with Crippen LogP contribution in [0.3, 0.4) is 0 Å². The third kappa shape index (κ3) is 6.82. The Morgan fingerprint density at radius 1 is 0.879 bits per heavy atom. The van der Waals surface area contributed by atoms with Crippen LogP contribution in [0.4, 0.5) is 13.2 Å². The Labute approximate surface area is 197 Å². The molecule has 1 atom stereocenters. The van der Waals surface area contributed by atoms with E-state index in [4.69, 9.17) is 11.6 Å². The van der Waals surface area contributed by atoms with E-state index in [1.807, 2.05) is 42.5 Å². The summed E-state index contributed by atoms with van der Waals surface area (Å²) < 4.78 is 39.0. The van der Waals surface area contributed by atoms with Gasteiger partial charge >= 0.3 is 6.18 Å². The second-order valence-corrected chi connectivity index (χ2v) is 9.08. The van der Waals surface area contributed by atoms with E-state index in [0.717, 1.165) is 34.4 Å². The van der Waals surface area contributed by atoms with Gasteiger partial charge in [0.25, 0.3) is 0 Å². The van der Waals surface area contributed by atoms with E-state index in [-0.39, 0.29) is 11.7 Å². The molecule has 3 aromatic carbocycles. The molecular weight excluding hydrogens is 445 g/mol. The molecule has 0 aromatic heterocycles. The zero-order valence-electron chi connectivity index (χ0n) is 18.8. The summed E-state index contributed by atoms with van der Waals surface area (Å²) in [5.41, 5.74) is 3.44. The summed E-state index contributed by atoms with van der Waals surface area (Å²) in [7, 11) is 0. The van der Waals surface area contributed by atoms with E-state index in [1.54, 1.807) is 19.1 Å². The summed E-state index contributed by atoms with van der Waals surface area (Å²) >= 11 is 5.96. The monoisotopic (exact) mass is 470 g/mol. The first-order chi connectivity index (χ1) is 15.5. The Hall–Kier alpha value is -2.85. The van der Waals surface area contributed by atoms with Crippen LogP contribution < -0.4 is 0 Å². The maximum Gasteiger partial charge on any atom is 0.416 e. The predicted octanol–water partition coefficient (Wildman–Crippen LogP) is 8.91. The van der Waals surface area contributed by atoms with Gasteiger partial charge in [-0.2, -0.15) is 13.2 Å². The first kappa shape index (κ1) is 24.8. The molecule has 0 aliphatic heterocycles. The average molecular weight is 471 g/mol. The first-order valence-corrected chi connectivity index (χ1v) is 11.2. The van der Waals surface area contributed by atoms with Crippen molar-refractivity contribution in [3.63, 3.8) is 0 Å². The van der Waals surface area contributed by atoms with E-state index >= 15 is 0 Å². The summed E-state index contributed by atoms with van der Waals surface area (Å²) in [5, 5.41) is 0.650. The highest BCUT2D eigenvalue weighted by Gasteiger charge is 2.30. The lowest BCUT2D eigenvalue weighted by molar-refractivity contribution is -0.137. The lowest BCUT2D eigenvalue weighted by atomic mass is 9.85. The van der Waals surface area contributed by atoms with Crippen LogP contribution >= 0.6 is 11.6 Å². The van der Waals surface area contributed by atoms with Crippen LogP contribution in [0.5, 0.6) is 0 Å². The molecule has 0 aliphatic carbocycles. The first-order valence-electron chi connectivity index (χ1n) is 10.8. The molecule has 0 spiro atoms. The summed E-state index contributed by atoms with van der Waals surface area (Å²) in [6, 6.07) is 18.3. The third-order valence-electron chi connectivity index (χ3n) is 5.46. The lowest BCUT2D eigenvalue weighted by Crippen LogP contribution is -2.12. The van der Waals surface area contributed by atoms with Crippen LogP contribution in [0.25, 0.3) is 23.3 Å². The fraction of sp³-hybridized carbons (Fsp3) is 0.250. The highest BCUT2D eigenvalue weighted by molar-refractivity contribution is 6.30. The summed E-state index contributed by atoms with van der Waals surface area (Å²) in [6.45, 7) is 5.72. The molecule has 0 N–H and O–H groups in total. The van der Waals surface area contributed by atoms with Crippen molar-refractivity contribution in [3.05, 3.63) is 94.0 Å². The number of hydrogen-bond acceptors (Lipinski definition) is 1.